The largest absolute Gasteiger partial charge is 0.481 e. The standard InChI is InChI=1S/C19H15F7O2/c1-4-5-9-12(20)14(22)10(15(23)13(9)21)8-18(16(27)28)11(17(18,2)3)6-7-19(24,25)26/h1,6-7,11H,5,8H2,2-3H3,(H,27,28). The van der Waals surface area contributed by atoms with Crippen LogP contribution in [0.15, 0.2) is 12.2 Å². The molecule has 1 aromatic carbocycles. The lowest BCUT2D eigenvalue weighted by atomic mass is 9.87. The van der Waals surface area contributed by atoms with Crippen LogP contribution in [0, 0.1) is 52.4 Å². The summed E-state index contributed by atoms with van der Waals surface area (Å²) >= 11 is 0. The molecule has 0 aromatic heterocycles. The van der Waals surface area contributed by atoms with E-state index in [2.05, 4.69) is 0 Å². The van der Waals surface area contributed by atoms with Crippen LogP contribution >= 0.6 is 0 Å². The Morgan fingerprint density at radius 2 is 1.57 bits per heavy atom. The minimum absolute atomic E-state index is 0.173. The summed E-state index contributed by atoms with van der Waals surface area (Å²) in [6, 6.07) is 0. The summed E-state index contributed by atoms with van der Waals surface area (Å²) in [4.78, 5) is 11.8. The van der Waals surface area contributed by atoms with Gasteiger partial charge >= 0.3 is 12.1 Å². The molecular weight excluding hydrogens is 393 g/mol. The smallest absolute Gasteiger partial charge is 0.409 e. The second-order valence-corrected chi connectivity index (χ2v) is 7.15. The van der Waals surface area contributed by atoms with Crippen molar-refractivity contribution in [2.24, 2.45) is 16.7 Å². The molecule has 2 nitrogen and oxygen atoms in total. The first-order chi connectivity index (χ1) is 12.7. The molecule has 0 bridgehead atoms. The number of hydrogen-bond acceptors (Lipinski definition) is 1. The van der Waals surface area contributed by atoms with Gasteiger partial charge in [0.15, 0.2) is 23.3 Å². The maximum atomic E-state index is 14.4. The van der Waals surface area contributed by atoms with Crippen LogP contribution in [-0.2, 0) is 17.6 Å². The van der Waals surface area contributed by atoms with Gasteiger partial charge in [0, 0.05) is 29.5 Å². The second kappa shape index (κ2) is 6.83. The molecule has 152 valence electrons. The van der Waals surface area contributed by atoms with Crippen molar-refractivity contribution < 1.29 is 40.6 Å². The first kappa shape index (κ1) is 21.8. The van der Waals surface area contributed by atoms with Crippen molar-refractivity contribution in [2.75, 3.05) is 0 Å². The summed E-state index contributed by atoms with van der Waals surface area (Å²) < 4.78 is 94.3. The summed E-state index contributed by atoms with van der Waals surface area (Å²) in [6.07, 6.45) is -1.18. The third-order valence-corrected chi connectivity index (χ3v) is 5.41. The molecule has 0 radical (unpaired) electrons. The van der Waals surface area contributed by atoms with E-state index >= 15 is 0 Å². The Bertz CT molecular complexity index is 864. The predicted octanol–water partition coefficient (Wildman–Crippen LogP) is 4.81. The van der Waals surface area contributed by atoms with E-state index in [9.17, 15) is 40.6 Å². The van der Waals surface area contributed by atoms with Gasteiger partial charge < -0.3 is 5.11 Å². The number of benzene rings is 1. The minimum atomic E-state index is -4.73. The van der Waals surface area contributed by atoms with Crippen LogP contribution in [0.25, 0.3) is 0 Å². The van der Waals surface area contributed by atoms with Crippen LogP contribution in [0.3, 0.4) is 0 Å². The van der Waals surface area contributed by atoms with Crippen molar-refractivity contribution in [3.63, 3.8) is 0 Å². The Morgan fingerprint density at radius 1 is 1.11 bits per heavy atom. The normalized spacial score (nSPS) is 23.6. The number of rotatable bonds is 5. The lowest BCUT2D eigenvalue weighted by molar-refractivity contribution is -0.145. The Hall–Kier alpha value is -2.50. The molecular formula is C19H15F7O2. The highest BCUT2D eigenvalue weighted by molar-refractivity contribution is 5.82. The number of terminal acetylenes is 1. The maximum Gasteiger partial charge on any atom is 0.409 e. The van der Waals surface area contributed by atoms with E-state index in [0.717, 1.165) is 0 Å². The molecule has 1 fully saturated rings. The van der Waals surface area contributed by atoms with Crippen molar-refractivity contribution in [3.05, 3.63) is 46.5 Å². The molecule has 2 rings (SSSR count). The molecule has 0 amide bonds. The number of carboxylic acids is 1. The minimum Gasteiger partial charge on any atom is -0.481 e. The number of allylic oxidation sites excluding steroid dienone is 2. The van der Waals surface area contributed by atoms with Crippen LogP contribution in [0.1, 0.15) is 25.0 Å². The highest BCUT2D eigenvalue weighted by Gasteiger charge is 2.74. The summed E-state index contributed by atoms with van der Waals surface area (Å²) in [6.45, 7) is 2.59. The molecule has 0 aliphatic heterocycles. The number of halogens is 7. The Morgan fingerprint density at radius 3 is 1.96 bits per heavy atom. The third-order valence-electron chi connectivity index (χ3n) is 5.41. The van der Waals surface area contributed by atoms with Crippen molar-refractivity contribution in [1.82, 2.24) is 0 Å². The van der Waals surface area contributed by atoms with E-state index in [4.69, 9.17) is 6.42 Å². The van der Waals surface area contributed by atoms with Gasteiger partial charge in [-0.2, -0.15) is 13.2 Å². The summed E-state index contributed by atoms with van der Waals surface area (Å²) in [5.41, 5.74) is -5.64. The number of carboxylic acid groups (broad SMARTS) is 1. The zero-order valence-electron chi connectivity index (χ0n) is 14.7. The van der Waals surface area contributed by atoms with Gasteiger partial charge in [0.05, 0.1) is 5.41 Å². The molecule has 1 aliphatic carbocycles. The van der Waals surface area contributed by atoms with Gasteiger partial charge in [-0.1, -0.05) is 19.9 Å². The van der Waals surface area contributed by atoms with E-state index in [0.29, 0.717) is 6.08 Å². The molecule has 0 saturated heterocycles. The van der Waals surface area contributed by atoms with E-state index in [1.807, 2.05) is 5.92 Å². The van der Waals surface area contributed by atoms with Crippen molar-refractivity contribution in [2.45, 2.75) is 32.9 Å². The monoisotopic (exact) mass is 408 g/mol. The van der Waals surface area contributed by atoms with Crippen molar-refractivity contribution in [3.8, 4) is 12.3 Å². The second-order valence-electron chi connectivity index (χ2n) is 7.15. The highest BCUT2D eigenvalue weighted by Crippen LogP contribution is 2.71. The molecule has 28 heavy (non-hydrogen) atoms. The fraction of sp³-hybridized carbons (Fsp3) is 0.421. The first-order valence-corrected chi connectivity index (χ1v) is 7.99. The number of hydrogen-bond donors (Lipinski definition) is 1. The molecule has 0 heterocycles. The fourth-order valence-electron chi connectivity index (χ4n) is 3.74. The predicted molar refractivity (Wildman–Crippen MR) is 85.0 cm³/mol. The van der Waals surface area contributed by atoms with Crippen LogP contribution in [0.5, 0.6) is 0 Å². The molecule has 0 spiro atoms. The summed E-state index contributed by atoms with van der Waals surface area (Å²) in [5, 5.41) is 9.59. The Labute approximate surface area is 156 Å². The van der Waals surface area contributed by atoms with E-state index < -0.39 is 76.1 Å². The third kappa shape index (κ3) is 3.25. The maximum absolute atomic E-state index is 14.4. The molecule has 1 saturated carbocycles. The SMILES string of the molecule is C#CCc1c(F)c(F)c(CC2(C(=O)O)C(C=CC(F)(F)F)C2(C)C)c(F)c1F. The summed E-state index contributed by atoms with van der Waals surface area (Å²) in [7, 11) is 0. The topological polar surface area (TPSA) is 37.3 Å². The molecule has 1 aromatic rings. The van der Waals surface area contributed by atoms with Gasteiger partial charge in [0.25, 0.3) is 0 Å². The lowest BCUT2D eigenvalue weighted by Crippen LogP contribution is -2.26. The van der Waals surface area contributed by atoms with Crippen LogP contribution in [0.2, 0.25) is 0 Å². The Balaban J connectivity index is 2.58. The lowest BCUT2D eigenvalue weighted by Gasteiger charge is -2.18. The van der Waals surface area contributed by atoms with Gasteiger partial charge in [0.1, 0.15) is 0 Å². The van der Waals surface area contributed by atoms with Gasteiger partial charge in [-0.15, -0.1) is 12.3 Å². The van der Waals surface area contributed by atoms with Crippen LogP contribution < -0.4 is 0 Å². The van der Waals surface area contributed by atoms with Crippen LogP contribution in [0.4, 0.5) is 30.7 Å². The van der Waals surface area contributed by atoms with E-state index in [-0.39, 0.29) is 6.08 Å². The van der Waals surface area contributed by atoms with Gasteiger partial charge in [-0.05, 0) is 11.8 Å². The van der Waals surface area contributed by atoms with Crippen molar-refractivity contribution in [1.29, 1.82) is 0 Å². The summed E-state index contributed by atoms with van der Waals surface area (Å²) in [5.74, 6) is -8.20. The fourth-order valence-corrected chi connectivity index (χ4v) is 3.74. The van der Waals surface area contributed by atoms with Gasteiger partial charge in [-0.25, -0.2) is 17.6 Å². The van der Waals surface area contributed by atoms with E-state index in [1.54, 1.807) is 0 Å². The molecule has 1 aliphatic rings. The quantitative estimate of drug-likeness (QED) is 0.329. The number of alkyl halides is 3. The number of aliphatic carboxylic acids is 1. The van der Waals surface area contributed by atoms with Gasteiger partial charge in [-0.3, -0.25) is 4.79 Å². The highest BCUT2D eigenvalue weighted by atomic mass is 19.4. The number of carbonyl (C=O) groups is 1. The molecule has 2 unspecified atom stereocenters. The van der Waals surface area contributed by atoms with Crippen LogP contribution in [-0.4, -0.2) is 17.3 Å². The van der Waals surface area contributed by atoms with E-state index in [1.165, 1.54) is 13.8 Å². The molecule has 1 N–H and O–H groups in total. The van der Waals surface area contributed by atoms with Gasteiger partial charge in [0.2, 0.25) is 0 Å². The van der Waals surface area contributed by atoms with Crippen molar-refractivity contribution >= 4 is 5.97 Å². The molecule has 2 atom stereocenters. The first-order valence-electron chi connectivity index (χ1n) is 7.99. The average molecular weight is 408 g/mol. The zero-order chi connectivity index (χ0) is 21.7. The zero-order valence-corrected chi connectivity index (χ0v) is 14.7. The average Bonchev–Trinajstić information content (AvgIpc) is 3.06. The Kier molecular flexibility index (Phi) is 5.32. The molecule has 9 heteroatoms.